The first-order valence-corrected chi connectivity index (χ1v) is 6.01. The van der Waals surface area contributed by atoms with E-state index in [-0.39, 0.29) is 17.9 Å². The minimum atomic E-state index is -0.681. The van der Waals surface area contributed by atoms with Crippen LogP contribution in [-0.4, -0.2) is 30.1 Å². The Bertz CT molecular complexity index is 268. The number of hydrogen-bond donors (Lipinski definition) is 4. The standard InChI is InChI=1S/C6H13NO.C5H12N4O/c1-3-5(7)6(8)4-2;1-2-4(6)3-8-9-5(7)10/h5H,3-4,7H2,1-2H3;3-4H,2,6H2,1H3,(H3,7,9,10)/b;8-3-. The average Bonchev–Trinajstić information content (AvgIpc) is 2.36. The van der Waals surface area contributed by atoms with Crippen molar-refractivity contribution in [2.45, 2.75) is 52.1 Å². The van der Waals surface area contributed by atoms with Crippen molar-refractivity contribution >= 4 is 18.0 Å². The van der Waals surface area contributed by atoms with Gasteiger partial charge in [0.05, 0.1) is 6.04 Å². The van der Waals surface area contributed by atoms with E-state index in [9.17, 15) is 9.59 Å². The highest BCUT2D eigenvalue weighted by Gasteiger charge is 2.06. The lowest BCUT2D eigenvalue weighted by Gasteiger charge is -2.02. The van der Waals surface area contributed by atoms with E-state index in [4.69, 9.17) is 17.2 Å². The van der Waals surface area contributed by atoms with Gasteiger partial charge in [0.25, 0.3) is 0 Å². The summed E-state index contributed by atoms with van der Waals surface area (Å²) in [7, 11) is 0. The highest BCUT2D eigenvalue weighted by molar-refractivity contribution is 5.83. The maximum atomic E-state index is 10.6. The molecule has 0 fully saturated rings. The van der Waals surface area contributed by atoms with Crippen LogP contribution in [0.5, 0.6) is 0 Å². The lowest BCUT2D eigenvalue weighted by Crippen LogP contribution is -2.28. The largest absolute Gasteiger partial charge is 0.350 e. The normalized spacial score (nSPS) is 13.4. The summed E-state index contributed by atoms with van der Waals surface area (Å²) in [5.41, 5.74) is 17.5. The van der Waals surface area contributed by atoms with Crippen LogP contribution >= 0.6 is 0 Å². The first kappa shape index (κ1) is 18.9. The summed E-state index contributed by atoms with van der Waals surface area (Å²) in [4.78, 5) is 20.6. The molecule has 7 N–H and O–H groups in total. The summed E-state index contributed by atoms with van der Waals surface area (Å²) in [5.74, 6) is 0.160. The second kappa shape index (κ2) is 12.0. The van der Waals surface area contributed by atoms with Crippen LogP contribution in [0.15, 0.2) is 5.10 Å². The summed E-state index contributed by atoms with van der Waals surface area (Å²) in [6.45, 7) is 5.66. The number of hydrogen-bond acceptors (Lipinski definition) is 5. The maximum absolute atomic E-state index is 10.6. The van der Waals surface area contributed by atoms with Gasteiger partial charge in [0, 0.05) is 18.7 Å². The van der Waals surface area contributed by atoms with E-state index < -0.39 is 6.03 Å². The van der Waals surface area contributed by atoms with Crippen molar-refractivity contribution in [1.82, 2.24) is 5.43 Å². The molecule has 0 rings (SSSR count). The Balaban J connectivity index is 0. The number of amides is 2. The molecule has 0 aliphatic rings. The van der Waals surface area contributed by atoms with E-state index in [0.717, 1.165) is 12.8 Å². The molecular weight excluding hydrogens is 234 g/mol. The van der Waals surface area contributed by atoms with E-state index in [0.29, 0.717) is 6.42 Å². The molecule has 0 saturated carbocycles. The topological polar surface area (TPSA) is 137 Å². The van der Waals surface area contributed by atoms with Gasteiger partial charge in [-0.25, -0.2) is 10.2 Å². The molecular formula is C11H25N5O2. The molecule has 2 atom stereocenters. The third kappa shape index (κ3) is 12.6. The summed E-state index contributed by atoms with van der Waals surface area (Å²) in [5, 5.41) is 3.47. The molecule has 18 heavy (non-hydrogen) atoms. The number of urea groups is 1. The number of nitrogens with zero attached hydrogens (tertiary/aromatic N) is 1. The third-order valence-electron chi connectivity index (χ3n) is 2.11. The van der Waals surface area contributed by atoms with Crippen molar-refractivity contribution in [3.05, 3.63) is 0 Å². The van der Waals surface area contributed by atoms with Crippen molar-refractivity contribution in [2.75, 3.05) is 0 Å². The van der Waals surface area contributed by atoms with E-state index in [2.05, 4.69) is 5.10 Å². The molecule has 2 unspecified atom stereocenters. The predicted octanol–water partition coefficient (Wildman–Crippen LogP) is 0.0806. The average molecular weight is 259 g/mol. The van der Waals surface area contributed by atoms with Crippen LogP contribution in [0.4, 0.5) is 4.79 Å². The molecule has 7 heteroatoms. The first-order valence-electron chi connectivity index (χ1n) is 6.01. The van der Waals surface area contributed by atoms with Crippen molar-refractivity contribution in [2.24, 2.45) is 22.3 Å². The smallest absolute Gasteiger partial charge is 0.332 e. The Kier molecular flexibility index (Phi) is 12.6. The van der Waals surface area contributed by atoms with Gasteiger partial charge in [0.1, 0.15) is 5.78 Å². The van der Waals surface area contributed by atoms with Gasteiger partial charge in [-0.3, -0.25) is 4.79 Å². The fraction of sp³-hybridized carbons (Fsp3) is 0.727. The molecule has 0 saturated heterocycles. The Labute approximate surface area is 108 Å². The Morgan fingerprint density at radius 2 is 1.78 bits per heavy atom. The second-order valence-electron chi connectivity index (χ2n) is 3.66. The van der Waals surface area contributed by atoms with Crippen molar-refractivity contribution in [1.29, 1.82) is 0 Å². The number of primary amides is 1. The van der Waals surface area contributed by atoms with Crippen molar-refractivity contribution < 1.29 is 9.59 Å². The molecule has 0 aliphatic carbocycles. The minimum Gasteiger partial charge on any atom is -0.350 e. The highest BCUT2D eigenvalue weighted by Crippen LogP contribution is 1.90. The molecule has 0 spiro atoms. The van der Waals surface area contributed by atoms with Gasteiger partial charge in [0.2, 0.25) is 0 Å². The van der Waals surface area contributed by atoms with Gasteiger partial charge >= 0.3 is 6.03 Å². The summed E-state index contributed by atoms with van der Waals surface area (Å²) in [6, 6.07) is -1.02. The summed E-state index contributed by atoms with van der Waals surface area (Å²) >= 11 is 0. The molecule has 0 bridgehead atoms. The van der Waals surface area contributed by atoms with Gasteiger partial charge in [-0.2, -0.15) is 5.10 Å². The zero-order chi connectivity index (χ0) is 14.6. The number of rotatable bonds is 6. The summed E-state index contributed by atoms with van der Waals surface area (Å²) < 4.78 is 0. The Morgan fingerprint density at radius 1 is 1.22 bits per heavy atom. The number of hydrazone groups is 1. The van der Waals surface area contributed by atoms with E-state index in [1.807, 2.05) is 26.2 Å². The van der Waals surface area contributed by atoms with E-state index >= 15 is 0 Å². The predicted molar refractivity (Wildman–Crippen MR) is 73.0 cm³/mol. The summed E-state index contributed by atoms with van der Waals surface area (Å²) in [6.07, 6.45) is 3.54. The van der Waals surface area contributed by atoms with Gasteiger partial charge in [-0.1, -0.05) is 20.8 Å². The lowest BCUT2D eigenvalue weighted by molar-refractivity contribution is -0.120. The zero-order valence-electron chi connectivity index (χ0n) is 11.3. The molecule has 106 valence electrons. The SMILES string of the molecule is CCC(=O)C(N)CC.CCC(N)/C=N\NC(N)=O. The number of carbonyl (C=O) groups is 2. The highest BCUT2D eigenvalue weighted by atomic mass is 16.2. The number of nitrogens with two attached hydrogens (primary N) is 3. The molecule has 0 aromatic rings. The monoisotopic (exact) mass is 259 g/mol. The van der Waals surface area contributed by atoms with Crippen LogP contribution in [-0.2, 0) is 4.79 Å². The molecule has 0 heterocycles. The van der Waals surface area contributed by atoms with Gasteiger partial charge < -0.3 is 17.2 Å². The number of ketones is 1. The molecule has 0 radical (unpaired) electrons. The van der Waals surface area contributed by atoms with E-state index in [1.54, 1.807) is 0 Å². The Morgan fingerprint density at radius 3 is 2.06 bits per heavy atom. The van der Waals surface area contributed by atoms with Crippen molar-refractivity contribution in [3.63, 3.8) is 0 Å². The van der Waals surface area contributed by atoms with Crippen molar-refractivity contribution in [3.8, 4) is 0 Å². The van der Waals surface area contributed by atoms with Crippen LogP contribution in [0, 0.1) is 0 Å². The van der Waals surface area contributed by atoms with Crippen LogP contribution in [0.2, 0.25) is 0 Å². The fourth-order valence-corrected chi connectivity index (χ4v) is 0.792. The Hall–Kier alpha value is -1.47. The number of carbonyl (C=O) groups excluding carboxylic acids is 2. The maximum Gasteiger partial charge on any atom is 0.332 e. The minimum absolute atomic E-state index is 0.119. The third-order valence-corrected chi connectivity index (χ3v) is 2.11. The quantitative estimate of drug-likeness (QED) is 0.396. The first-order chi connectivity index (χ1) is 8.38. The van der Waals surface area contributed by atoms with Crippen LogP contribution < -0.4 is 22.6 Å². The molecule has 0 aromatic heterocycles. The van der Waals surface area contributed by atoms with Gasteiger partial charge in [0.15, 0.2) is 0 Å². The molecule has 0 aromatic carbocycles. The van der Waals surface area contributed by atoms with Crippen LogP contribution in [0.3, 0.4) is 0 Å². The van der Waals surface area contributed by atoms with Gasteiger partial charge in [-0.05, 0) is 12.8 Å². The van der Waals surface area contributed by atoms with Gasteiger partial charge in [-0.15, -0.1) is 0 Å². The number of nitrogens with one attached hydrogen (secondary N) is 1. The van der Waals surface area contributed by atoms with E-state index in [1.165, 1.54) is 6.21 Å². The zero-order valence-corrected chi connectivity index (χ0v) is 11.3. The number of Topliss-reactive ketones (excluding diaryl/α,β-unsaturated/α-hetero) is 1. The molecule has 7 nitrogen and oxygen atoms in total. The second-order valence-corrected chi connectivity index (χ2v) is 3.66. The lowest BCUT2D eigenvalue weighted by atomic mass is 10.1. The molecule has 0 aliphatic heterocycles. The molecule has 2 amide bonds. The van der Waals surface area contributed by atoms with Crippen LogP contribution in [0.25, 0.3) is 0 Å². The van der Waals surface area contributed by atoms with Crippen LogP contribution in [0.1, 0.15) is 40.0 Å². The fourth-order valence-electron chi connectivity index (χ4n) is 0.792.